The van der Waals surface area contributed by atoms with E-state index in [1.807, 2.05) is 23.1 Å². The maximum absolute atomic E-state index is 13.0. The van der Waals surface area contributed by atoms with Gasteiger partial charge in [-0.15, -0.1) is 0 Å². The van der Waals surface area contributed by atoms with Gasteiger partial charge in [0.2, 0.25) is 5.91 Å². The molecule has 2 saturated heterocycles. The van der Waals surface area contributed by atoms with Crippen LogP contribution in [0.1, 0.15) is 57.4 Å². The Morgan fingerprint density at radius 1 is 1.15 bits per heavy atom. The normalized spacial score (nSPS) is 21.7. The van der Waals surface area contributed by atoms with Crippen molar-refractivity contribution in [2.45, 2.75) is 58.0 Å². The number of thioether (sulfide) groups is 1. The minimum atomic E-state index is -0.217. The second-order valence-corrected chi connectivity index (χ2v) is 10.8. The van der Waals surface area contributed by atoms with E-state index in [9.17, 15) is 9.59 Å². The molecule has 3 fully saturated rings. The van der Waals surface area contributed by atoms with Crippen LogP contribution in [-0.2, 0) is 9.59 Å². The lowest BCUT2D eigenvalue weighted by molar-refractivity contribution is -0.136. The fourth-order valence-corrected chi connectivity index (χ4v) is 5.77. The summed E-state index contributed by atoms with van der Waals surface area (Å²) in [6.45, 7) is 3.71. The Hall–Kier alpha value is -2.06. The van der Waals surface area contributed by atoms with Crippen LogP contribution in [-0.4, -0.2) is 58.8 Å². The van der Waals surface area contributed by atoms with Crippen LogP contribution in [0.15, 0.2) is 23.1 Å². The van der Waals surface area contributed by atoms with Gasteiger partial charge >= 0.3 is 0 Å². The van der Waals surface area contributed by atoms with E-state index in [0.29, 0.717) is 20.9 Å². The van der Waals surface area contributed by atoms with Gasteiger partial charge in [0.05, 0.1) is 18.1 Å². The number of methoxy groups -OCH3 is 1. The molecule has 4 rings (SSSR count). The van der Waals surface area contributed by atoms with Crippen molar-refractivity contribution in [1.29, 1.82) is 0 Å². The number of amides is 2. The highest BCUT2D eigenvalue weighted by molar-refractivity contribution is 8.26. The fraction of sp³-hybridized carbons (Fsp3) is 0.560. The second kappa shape index (κ2) is 10.9. The Kier molecular flexibility index (Phi) is 7.96. The smallest absolute Gasteiger partial charge is 0.266 e. The average molecular weight is 489 g/mol. The molecule has 1 aromatic carbocycles. The molecular formula is C25H32N2O4S2. The van der Waals surface area contributed by atoms with E-state index in [-0.39, 0.29) is 24.5 Å². The molecule has 2 amide bonds. The number of carbonyl (C=O) groups is 2. The first-order valence-electron chi connectivity index (χ1n) is 11.8. The molecule has 178 valence electrons. The highest BCUT2D eigenvalue weighted by Crippen LogP contribution is 2.36. The minimum Gasteiger partial charge on any atom is -0.493 e. The average Bonchev–Trinajstić information content (AvgIpc) is 3.08. The molecule has 0 spiro atoms. The Bertz CT molecular complexity index is 934. The van der Waals surface area contributed by atoms with Crippen LogP contribution in [0.3, 0.4) is 0 Å². The summed E-state index contributed by atoms with van der Waals surface area (Å²) < 4.78 is 12.2. The van der Waals surface area contributed by atoms with Crippen molar-refractivity contribution in [1.82, 2.24) is 9.80 Å². The molecule has 0 unspecified atom stereocenters. The van der Waals surface area contributed by atoms with Gasteiger partial charge in [-0.05, 0) is 68.2 Å². The number of ether oxygens (including phenoxy) is 2. The van der Waals surface area contributed by atoms with Crippen LogP contribution >= 0.6 is 24.0 Å². The second-order valence-electron chi connectivity index (χ2n) is 9.12. The Morgan fingerprint density at radius 3 is 2.58 bits per heavy atom. The summed E-state index contributed by atoms with van der Waals surface area (Å²) in [5.41, 5.74) is 0.833. The maximum Gasteiger partial charge on any atom is 0.266 e. The first-order valence-corrected chi connectivity index (χ1v) is 13.0. The van der Waals surface area contributed by atoms with Crippen LogP contribution in [0, 0.1) is 5.92 Å². The Morgan fingerprint density at radius 2 is 1.88 bits per heavy atom. The van der Waals surface area contributed by atoms with Gasteiger partial charge in [-0.3, -0.25) is 14.5 Å². The van der Waals surface area contributed by atoms with Crippen LogP contribution in [0.25, 0.3) is 6.08 Å². The van der Waals surface area contributed by atoms with Crippen LogP contribution < -0.4 is 9.47 Å². The molecule has 33 heavy (non-hydrogen) atoms. The number of carbonyl (C=O) groups excluding carboxylic acids is 2. The lowest BCUT2D eigenvalue weighted by Gasteiger charge is -2.31. The van der Waals surface area contributed by atoms with Crippen molar-refractivity contribution in [2.24, 2.45) is 5.92 Å². The predicted octanol–water partition coefficient (Wildman–Crippen LogP) is 4.87. The monoisotopic (exact) mass is 488 g/mol. The van der Waals surface area contributed by atoms with Crippen LogP contribution in [0.2, 0.25) is 0 Å². The van der Waals surface area contributed by atoms with Gasteiger partial charge in [0, 0.05) is 13.1 Å². The third kappa shape index (κ3) is 5.90. The number of piperidine rings is 1. The molecule has 0 aromatic heterocycles. The minimum absolute atomic E-state index is 0.00781. The molecule has 2 aliphatic heterocycles. The molecular weight excluding hydrogens is 456 g/mol. The lowest BCUT2D eigenvalue weighted by atomic mass is 9.98. The summed E-state index contributed by atoms with van der Waals surface area (Å²) in [5, 5.41) is 0. The van der Waals surface area contributed by atoms with Crippen molar-refractivity contribution < 1.29 is 19.1 Å². The zero-order chi connectivity index (χ0) is 23.4. The van der Waals surface area contributed by atoms with E-state index in [4.69, 9.17) is 21.7 Å². The van der Waals surface area contributed by atoms with Crippen molar-refractivity contribution >= 4 is 46.2 Å². The van der Waals surface area contributed by atoms with E-state index in [1.165, 1.54) is 35.9 Å². The van der Waals surface area contributed by atoms with E-state index >= 15 is 0 Å². The molecule has 0 radical (unpaired) electrons. The number of likely N-dealkylation sites (tertiary alicyclic amines) is 1. The topological polar surface area (TPSA) is 59.1 Å². The van der Waals surface area contributed by atoms with Gasteiger partial charge in [-0.1, -0.05) is 43.4 Å². The van der Waals surface area contributed by atoms with E-state index in [1.54, 1.807) is 13.2 Å². The lowest BCUT2D eigenvalue weighted by Crippen LogP contribution is -2.45. The van der Waals surface area contributed by atoms with Gasteiger partial charge < -0.3 is 14.4 Å². The van der Waals surface area contributed by atoms with E-state index in [0.717, 1.165) is 50.1 Å². The van der Waals surface area contributed by atoms with Gasteiger partial charge in [-0.2, -0.15) is 0 Å². The summed E-state index contributed by atoms with van der Waals surface area (Å²) in [7, 11) is 1.62. The molecule has 6 nitrogen and oxygen atoms in total. The summed E-state index contributed by atoms with van der Waals surface area (Å²) in [5.74, 6) is 1.77. The number of hydrogen-bond acceptors (Lipinski definition) is 6. The molecule has 1 aliphatic carbocycles. The number of benzene rings is 1. The molecule has 8 heteroatoms. The zero-order valence-electron chi connectivity index (χ0n) is 19.4. The van der Waals surface area contributed by atoms with Gasteiger partial charge in [0.1, 0.15) is 10.9 Å². The van der Waals surface area contributed by atoms with Crippen LogP contribution in [0.4, 0.5) is 0 Å². The standard InChI is InChI=1S/C25H32N2O4S2/c1-17-10-12-26(13-11-17)23(28)16-27-24(29)22(33-25(27)32)15-18-8-9-20(21(14-18)30-2)31-19-6-4-3-5-7-19/h8-9,14-15,17,19H,3-7,10-13,16H2,1-2H3/b22-15-. The number of nitrogens with zero attached hydrogens (tertiary/aromatic N) is 2. The van der Waals surface area contributed by atoms with Crippen LogP contribution in [0.5, 0.6) is 11.5 Å². The van der Waals surface area contributed by atoms with Crippen molar-refractivity contribution in [2.75, 3.05) is 26.7 Å². The Balaban J connectivity index is 1.42. The van der Waals surface area contributed by atoms with Gasteiger partial charge in [-0.25, -0.2) is 0 Å². The van der Waals surface area contributed by atoms with Crippen molar-refractivity contribution in [3.05, 3.63) is 28.7 Å². The van der Waals surface area contributed by atoms with Crippen molar-refractivity contribution in [3.8, 4) is 11.5 Å². The molecule has 1 saturated carbocycles. The van der Waals surface area contributed by atoms with Gasteiger partial charge in [0.25, 0.3) is 5.91 Å². The third-order valence-corrected chi connectivity index (χ3v) is 8.01. The summed E-state index contributed by atoms with van der Waals surface area (Å²) >= 11 is 6.66. The summed E-state index contributed by atoms with van der Waals surface area (Å²) in [6.07, 6.45) is 9.87. The zero-order valence-corrected chi connectivity index (χ0v) is 21.0. The highest BCUT2D eigenvalue weighted by atomic mass is 32.2. The molecule has 0 bridgehead atoms. The van der Waals surface area contributed by atoms with E-state index in [2.05, 4.69) is 6.92 Å². The fourth-order valence-electron chi connectivity index (χ4n) is 4.51. The highest BCUT2D eigenvalue weighted by Gasteiger charge is 2.35. The number of hydrogen-bond donors (Lipinski definition) is 0. The molecule has 0 N–H and O–H groups in total. The largest absolute Gasteiger partial charge is 0.493 e. The number of rotatable bonds is 6. The molecule has 2 heterocycles. The van der Waals surface area contributed by atoms with E-state index < -0.39 is 0 Å². The van der Waals surface area contributed by atoms with Crippen molar-refractivity contribution in [3.63, 3.8) is 0 Å². The first kappa shape index (κ1) is 24.1. The van der Waals surface area contributed by atoms with Gasteiger partial charge in [0.15, 0.2) is 11.5 Å². The predicted molar refractivity (Wildman–Crippen MR) is 135 cm³/mol. The Labute approximate surface area is 205 Å². The molecule has 0 atom stereocenters. The maximum atomic E-state index is 13.0. The molecule has 1 aromatic rings. The SMILES string of the molecule is COc1cc(/C=C2\SC(=S)N(CC(=O)N3CCC(C)CC3)C2=O)ccc1OC1CCCCC1. The molecule has 3 aliphatic rings. The quantitative estimate of drug-likeness (QED) is 0.421. The number of thiocarbonyl (C=S) groups is 1. The first-order chi connectivity index (χ1) is 15.9. The summed E-state index contributed by atoms with van der Waals surface area (Å²) in [6, 6.07) is 5.71. The summed E-state index contributed by atoms with van der Waals surface area (Å²) in [4.78, 5) is 29.5. The third-order valence-electron chi connectivity index (χ3n) is 6.63.